The molecule has 84 valence electrons. The maximum absolute atomic E-state index is 11.2. The Kier molecular flexibility index (Phi) is 2.17. The van der Waals surface area contributed by atoms with Crippen LogP contribution in [0.4, 0.5) is 5.69 Å². The van der Waals surface area contributed by atoms with Gasteiger partial charge in [0.05, 0.1) is 15.8 Å². The van der Waals surface area contributed by atoms with E-state index in [4.69, 9.17) is 5.14 Å². The molecule has 8 heteroatoms. The van der Waals surface area contributed by atoms with Crippen molar-refractivity contribution in [2.24, 2.45) is 5.14 Å². The minimum absolute atomic E-state index is 0.00926. The Morgan fingerprint density at radius 2 is 2.06 bits per heavy atom. The molecule has 2 aromatic rings. The topological polar surface area (TPSA) is 119 Å². The summed E-state index contributed by atoms with van der Waals surface area (Å²) in [6, 6.07) is 4.23. The molecule has 0 radical (unpaired) electrons. The molecule has 0 saturated carbocycles. The molecule has 7 nitrogen and oxygen atoms in total. The third-order valence-corrected chi connectivity index (χ3v) is 3.09. The second-order valence-electron chi connectivity index (χ2n) is 3.15. The number of aromatic amines is 1. The highest BCUT2D eigenvalue weighted by Crippen LogP contribution is 2.30. The molecule has 1 aromatic carbocycles. The van der Waals surface area contributed by atoms with Crippen molar-refractivity contribution in [3.8, 4) is 0 Å². The van der Waals surface area contributed by atoms with Gasteiger partial charge in [-0.05, 0) is 6.07 Å². The number of nitrogens with one attached hydrogen (secondary N) is 1. The second-order valence-corrected chi connectivity index (χ2v) is 4.68. The number of hydrogen-bond acceptors (Lipinski definition) is 4. The Bertz CT molecular complexity index is 674. The third kappa shape index (κ3) is 1.53. The minimum Gasteiger partial charge on any atom is -0.360 e. The number of H-pyrrole nitrogens is 1. The van der Waals surface area contributed by atoms with E-state index in [1.165, 1.54) is 18.2 Å². The van der Waals surface area contributed by atoms with Crippen molar-refractivity contribution in [1.82, 2.24) is 4.98 Å². The molecule has 16 heavy (non-hydrogen) atoms. The fourth-order valence-corrected chi connectivity index (χ4v) is 2.23. The highest BCUT2D eigenvalue weighted by atomic mass is 32.2. The smallest absolute Gasteiger partial charge is 0.280 e. The number of nitro groups is 1. The van der Waals surface area contributed by atoms with Gasteiger partial charge >= 0.3 is 0 Å². The van der Waals surface area contributed by atoms with Crippen molar-refractivity contribution < 1.29 is 13.3 Å². The van der Waals surface area contributed by atoms with E-state index in [1.807, 2.05) is 0 Å². The second kappa shape index (κ2) is 3.29. The molecular formula is C8H7N3O4S. The zero-order valence-corrected chi connectivity index (χ0v) is 8.69. The predicted molar refractivity (Wildman–Crippen MR) is 56.3 cm³/mol. The fourth-order valence-electron chi connectivity index (χ4n) is 1.51. The van der Waals surface area contributed by atoms with Crippen LogP contribution in [0.2, 0.25) is 0 Å². The summed E-state index contributed by atoms with van der Waals surface area (Å²) in [4.78, 5) is 12.5. The average Bonchev–Trinajstić information content (AvgIpc) is 2.59. The lowest BCUT2D eigenvalue weighted by atomic mass is 10.2. The number of benzene rings is 1. The molecule has 0 aliphatic heterocycles. The Morgan fingerprint density at radius 1 is 1.38 bits per heavy atom. The first-order chi connectivity index (χ1) is 7.41. The van der Waals surface area contributed by atoms with E-state index in [-0.39, 0.29) is 16.0 Å². The van der Waals surface area contributed by atoms with Crippen LogP contribution in [0.25, 0.3) is 10.9 Å². The summed E-state index contributed by atoms with van der Waals surface area (Å²) < 4.78 is 22.4. The minimum atomic E-state index is -3.98. The summed E-state index contributed by atoms with van der Waals surface area (Å²) in [6.45, 7) is 0. The van der Waals surface area contributed by atoms with Gasteiger partial charge < -0.3 is 4.98 Å². The molecule has 0 aliphatic rings. The van der Waals surface area contributed by atoms with Crippen molar-refractivity contribution in [1.29, 1.82) is 0 Å². The molecule has 1 heterocycles. The van der Waals surface area contributed by atoms with Gasteiger partial charge in [-0.25, -0.2) is 13.6 Å². The van der Waals surface area contributed by atoms with E-state index in [9.17, 15) is 18.5 Å². The monoisotopic (exact) mass is 241 g/mol. The maximum Gasteiger partial charge on any atom is 0.280 e. The summed E-state index contributed by atoms with van der Waals surface area (Å²) in [5.41, 5.74) is 0.0704. The van der Waals surface area contributed by atoms with Crippen LogP contribution in [0.5, 0.6) is 0 Å². The number of fused-ring (bicyclic) bond motifs is 1. The van der Waals surface area contributed by atoms with E-state index in [0.717, 1.165) is 6.20 Å². The first kappa shape index (κ1) is 10.6. The molecule has 3 N–H and O–H groups in total. The first-order valence-electron chi connectivity index (χ1n) is 4.18. The highest BCUT2D eigenvalue weighted by Gasteiger charge is 2.22. The summed E-state index contributed by atoms with van der Waals surface area (Å²) in [5.74, 6) is 0. The van der Waals surface area contributed by atoms with Gasteiger partial charge in [0.2, 0.25) is 10.0 Å². The van der Waals surface area contributed by atoms with E-state index in [2.05, 4.69) is 4.98 Å². The van der Waals surface area contributed by atoms with Crippen LogP contribution in [0, 0.1) is 10.1 Å². The number of sulfonamides is 1. The number of rotatable bonds is 2. The SMILES string of the molecule is NS(=O)(=O)c1c[nH]c2cccc([N+](=O)[O-])c12. The van der Waals surface area contributed by atoms with Crippen molar-refractivity contribution in [2.75, 3.05) is 0 Å². The molecule has 0 fully saturated rings. The summed E-state index contributed by atoms with van der Waals surface area (Å²) in [7, 11) is -3.98. The lowest BCUT2D eigenvalue weighted by Gasteiger charge is -1.97. The van der Waals surface area contributed by atoms with E-state index in [1.54, 1.807) is 0 Å². The molecule has 0 bridgehead atoms. The fraction of sp³-hybridized carbons (Fsp3) is 0. The maximum atomic E-state index is 11.2. The molecule has 0 saturated heterocycles. The molecule has 0 amide bonds. The first-order valence-corrected chi connectivity index (χ1v) is 5.73. The average molecular weight is 241 g/mol. The number of nitrogens with two attached hydrogens (primary N) is 1. The normalized spacial score (nSPS) is 11.8. The number of nitro benzene ring substituents is 1. The highest BCUT2D eigenvalue weighted by molar-refractivity contribution is 7.89. The van der Waals surface area contributed by atoms with Crippen LogP contribution < -0.4 is 5.14 Å². The van der Waals surface area contributed by atoms with Gasteiger partial charge in [0.25, 0.3) is 5.69 Å². The zero-order chi connectivity index (χ0) is 11.9. The number of aromatic nitrogens is 1. The van der Waals surface area contributed by atoms with Crippen molar-refractivity contribution in [3.63, 3.8) is 0 Å². The predicted octanol–water partition coefficient (Wildman–Crippen LogP) is 0.724. The molecule has 0 atom stereocenters. The van der Waals surface area contributed by atoms with Crippen molar-refractivity contribution in [2.45, 2.75) is 4.90 Å². The van der Waals surface area contributed by atoms with Crippen LogP contribution in [-0.4, -0.2) is 18.3 Å². The van der Waals surface area contributed by atoms with Gasteiger partial charge in [-0.3, -0.25) is 10.1 Å². The quantitative estimate of drug-likeness (QED) is 0.594. The zero-order valence-electron chi connectivity index (χ0n) is 7.88. The van der Waals surface area contributed by atoms with E-state index in [0.29, 0.717) is 5.52 Å². The van der Waals surface area contributed by atoms with E-state index < -0.39 is 14.9 Å². The van der Waals surface area contributed by atoms with Crippen molar-refractivity contribution >= 4 is 26.6 Å². The Morgan fingerprint density at radius 3 is 2.62 bits per heavy atom. The van der Waals surface area contributed by atoms with Crippen LogP contribution >= 0.6 is 0 Å². The van der Waals surface area contributed by atoms with Crippen LogP contribution in [0.3, 0.4) is 0 Å². The number of hydrogen-bond donors (Lipinski definition) is 2. The van der Waals surface area contributed by atoms with Gasteiger partial charge in [-0.2, -0.15) is 0 Å². The molecule has 0 spiro atoms. The summed E-state index contributed by atoms with van der Waals surface area (Å²) >= 11 is 0. The molecule has 2 rings (SSSR count). The summed E-state index contributed by atoms with van der Waals surface area (Å²) in [6.07, 6.45) is 1.15. The number of primary sulfonamides is 1. The number of non-ortho nitro benzene ring substituents is 1. The Hall–Kier alpha value is -1.93. The molecule has 0 aliphatic carbocycles. The van der Waals surface area contributed by atoms with Gasteiger partial charge in [-0.1, -0.05) is 6.07 Å². The van der Waals surface area contributed by atoms with Gasteiger partial charge in [0, 0.05) is 12.3 Å². The lowest BCUT2D eigenvalue weighted by molar-refractivity contribution is -0.383. The van der Waals surface area contributed by atoms with Crippen LogP contribution in [0.15, 0.2) is 29.3 Å². The van der Waals surface area contributed by atoms with Gasteiger partial charge in [0.1, 0.15) is 4.90 Å². The van der Waals surface area contributed by atoms with Crippen LogP contribution in [0.1, 0.15) is 0 Å². The van der Waals surface area contributed by atoms with Crippen LogP contribution in [-0.2, 0) is 10.0 Å². The Balaban J connectivity index is 2.94. The summed E-state index contributed by atoms with van der Waals surface area (Å²) in [5, 5.41) is 15.7. The van der Waals surface area contributed by atoms with Gasteiger partial charge in [-0.15, -0.1) is 0 Å². The molecule has 1 aromatic heterocycles. The van der Waals surface area contributed by atoms with E-state index >= 15 is 0 Å². The third-order valence-electron chi connectivity index (χ3n) is 2.15. The standard InChI is InChI=1S/C8H7N3O4S/c9-16(14,15)7-4-10-5-2-1-3-6(8(5)7)11(12)13/h1-4,10H,(H2,9,14,15). The number of nitrogens with zero attached hydrogens (tertiary/aromatic N) is 1. The molecular weight excluding hydrogens is 234 g/mol. The Labute approximate surface area is 90.1 Å². The van der Waals surface area contributed by atoms with Gasteiger partial charge in [0.15, 0.2) is 0 Å². The molecule has 0 unspecified atom stereocenters. The lowest BCUT2D eigenvalue weighted by Crippen LogP contribution is -2.11. The van der Waals surface area contributed by atoms with Crippen molar-refractivity contribution in [3.05, 3.63) is 34.5 Å². The largest absolute Gasteiger partial charge is 0.360 e.